The molecule has 8 heteroatoms. The van der Waals surface area contributed by atoms with Crippen LogP contribution in [-0.2, 0) is 12.7 Å². The molecule has 2 N–H and O–H groups in total. The Bertz CT molecular complexity index is 753. The predicted octanol–water partition coefficient (Wildman–Crippen LogP) is 4.20. The largest absolute Gasteiger partial charge is 0.435 e. The van der Waals surface area contributed by atoms with Gasteiger partial charge in [-0.15, -0.1) is 0 Å². The third kappa shape index (κ3) is 5.45. The molecular formula is C17H21F3N4S. The van der Waals surface area contributed by atoms with Crippen molar-refractivity contribution in [2.45, 2.75) is 39.9 Å². The van der Waals surface area contributed by atoms with Crippen LogP contribution in [0.25, 0.3) is 0 Å². The first-order chi connectivity index (χ1) is 11.7. The fourth-order valence-electron chi connectivity index (χ4n) is 2.30. The van der Waals surface area contributed by atoms with Crippen LogP contribution in [0.4, 0.5) is 18.9 Å². The minimum atomic E-state index is -4.41. The molecule has 4 nitrogen and oxygen atoms in total. The highest BCUT2D eigenvalue weighted by molar-refractivity contribution is 7.80. The number of aromatic nitrogens is 2. The van der Waals surface area contributed by atoms with Crippen LogP contribution >= 0.6 is 12.2 Å². The first kappa shape index (κ1) is 19.2. The molecular weight excluding hydrogens is 349 g/mol. The average Bonchev–Trinajstić information content (AvgIpc) is 2.89. The van der Waals surface area contributed by atoms with Crippen molar-refractivity contribution >= 4 is 23.0 Å². The van der Waals surface area contributed by atoms with Crippen molar-refractivity contribution in [3.8, 4) is 0 Å². The number of benzene rings is 1. The van der Waals surface area contributed by atoms with Crippen LogP contribution in [0.2, 0.25) is 0 Å². The summed E-state index contributed by atoms with van der Waals surface area (Å²) in [6, 6.07) is 7.02. The van der Waals surface area contributed by atoms with Gasteiger partial charge in [0.1, 0.15) is 0 Å². The van der Waals surface area contributed by atoms with E-state index in [0.717, 1.165) is 11.8 Å². The highest BCUT2D eigenvalue weighted by Crippen LogP contribution is 2.28. The van der Waals surface area contributed by atoms with Crippen LogP contribution in [0.3, 0.4) is 0 Å². The number of aryl methyl sites for hydroxylation is 4. The van der Waals surface area contributed by atoms with Crippen LogP contribution in [-0.4, -0.2) is 21.4 Å². The first-order valence-electron chi connectivity index (χ1n) is 7.90. The van der Waals surface area contributed by atoms with Gasteiger partial charge in [0.2, 0.25) is 0 Å². The molecule has 1 heterocycles. The molecule has 0 aliphatic heterocycles. The number of halogens is 3. The number of hydrogen-bond acceptors (Lipinski definition) is 2. The Morgan fingerprint density at radius 3 is 2.48 bits per heavy atom. The number of thiocarbonyl (C=S) groups is 1. The number of hydrogen-bond donors (Lipinski definition) is 2. The van der Waals surface area contributed by atoms with E-state index in [1.54, 1.807) is 6.92 Å². The van der Waals surface area contributed by atoms with E-state index in [0.29, 0.717) is 30.3 Å². The van der Waals surface area contributed by atoms with Crippen molar-refractivity contribution in [1.29, 1.82) is 0 Å². The van der Waals surface area contributed by atoms with Crippen molar-refractivity contribution in [3.05, 3.63) is 46.8 Å². The lowest BCUT2D eigenvalue weighted by atomic mass is 10.1. The highest BCUT2D eigenvalue weighted by Gasteiger charge is 2.34. The zero-order chi connectivity index (χ0) is 18.6. The highest BCUT2D eigenvalue weighted by atomic mass is 32.1. The van der Waals surface area contributed by atoms with E-state index in [1.165, 1.54) is 15.8 Å². The summed E-state index contributed by atoms with van der Waals surface area (Å²) in [6.45, 7) is 6.61. The zero-order valence-corrected chi connectivity index (χ0v) is 15.2. The van der Waals surface area contributed by atoms with Gasteiger partial charge in [-0.1, -0.05) is 6.07 Å². The zero-order valence-electron chi connectivity index (χ0n) is 14.4. The van der Waals surface area contributed by atoms with Crippen molar-refractivity contribution in [2.24, 2.45) is 0 Å². The maximum Gasteiger partial charge on any atom is 0.435 e. The Morgan fingerprint density at radius 2 is 1.88 bits per heavy atom. The summed E-state index contributed by atoms with van der Waals surface area (Å²) in [6.07, 6.45) is -3.81. The summed E-state index contributed by atoms with van der Waals surface area (Å²) in [5.41, 5.74) is 2.91. The van der Waals surface area contributed by atoms with Crippen LogP contribution in [0.1, 0.15) is 28.9 Å². The molecule has 2 aromatic rings. The van der Waals surface area contributed by atoms with E-state index in [4.69, 9.17) is 12.2 Å². The van der Waals surface area contributed by atoms with Gasteiger partial charge in [-0.25, -0.2) is 0 Å². The van der Waals surface area contributed by atoms with E-state index in [1.807, 2.05) is 32.0 Å². The van der Waals surface area contributed by atoms with E-state index in [2.05, 4.69) is 15.7 Å². The minimum Gasteiger partial charge on any atom is -0.362 e. The normalized spacial score (nSPS) is 11.4. The molecule has 0 bridgehead atoms. The Labute approximate surface area is 150 Å². The van der Waals surface area contributed by atoms with Crippen molar-refractivity contribution in [1.82, 2.24) is 15.1 Å². The molecule has 25 heavy (non-hydrogen) atoms. The summed E-state index contributed by atoms with van der Waals surface area (Å²) in [5.74, 6) is 0. The summed E-state index contributed by atoms with van der Waals surface area (Å²) in [7, 11) is 0. The molecule has 0 amide bonds. The first-order valence-corrected chi connectivity index (χ1v) is 8.31. The molecule has 1 aromatic carbocycles. The van der Waals surface area contributed by atoms with Crippen LogP contribution < -0.4 is 10.6 Å². The number of anilines is 1. The molecule has 0 aliphatic carbocycles. The summed E-state index contributed by atoms with van der Waals surface area (Å²) < 4.78 is 39.2. The summed E-state index contributed by atoms with van der Waals surface area (Å²) >= 11 is 5.23. The van der Waals surface area contributed by atoms with Gasteiger partial charge >= 0.3 is 6.18 Å². The van der Waals surface area contributed by atoms with Gasteiger partial charge in [-0.05, 0) is 68.7 Å². The van der Waals surface area contributed by atoms with Crippen LogP contribution in [0, 0.1) is 20.8 Å². The topological polar surface area (TPSA) is 41.9 Å². The van der Waals surface area contributed by atoms with E-state index < -0.39 is 11.9 Å². The second-order valence-electron chi connectivity index (χ2n) is 5.93. The second kappa shape index (κ2) is 7.86. The molecule has 0 aliphatic rings. The van der Waals surface area contributed by atoms with Crippen molar-refractivity contribution < 1.29 is 13.2 Å². The maximum absolute atomic E-state index is 12.6. The lowest BCUT2D eigenvalue weighted by molar-refractivity contribution is -0.141. The lowest BCUT2D eigenvalue weighted by Crippen LogP contribution is -2.30. The third-order valence-corrected chi connectivity index (χ3v) is 4.12. The minimum absolute atomic E-state index is 0.390. The number of rotatable bonds is 5. The maximum atomic E-state index is 12.6. The smallest absolute Gasteiger partial charge is 0.362 e. The van der Waals surface area contributed by atoms with Crippen molar-refractivity contribution in [2.75, 3.05) is 11.9 Å². The third-order valence-electron chi connectivity index (χ3n) is 3.87. The standard InChI is InChI=1S/C17H21F3N4S/c1-11-5-6-14(9-12(11)2)22-16(25)21-7-4-8-24-13(3)10-15(23-24)17(18,19)20/h5-6,9-10H,4,7-8H2,1-3H3,(H2,21,22,25). The molecule has 2 rings (SSSR count). The van der Waals surface area contributed by atoms with E-state index >= 15 is 0 Å². The quantitative estimate of drug-likeness (QED) is 0.611. The Hall–Kier alpha value is -2.09. The summed E-state index contributed by atoms with van der Waals surface area (Å²) in [5, 5.41) is 10.2. The molecule has 0 atom stereocenters. The van der Waals surface area contributed by atoms with Gasteiger partial charge in [-0.3, -0.25) is 4.68 Å². The lowest BCUT2D eigenvalue weighted by Gasteiger charge is -2.12. The molecule has 0 saturated carbocycles. The van der Waals surface area contributed by atoms with Crippen LogP contribution in [0.5, 0.6) is 0 Å². The monoisotopic (exact) mass is 370 g/mol. The van der Waals surface area contributed by atoms with Gasteiger partial charge in [0, 0.05) is 24.5 Å². The van der Waals surface area contributed by atoms with Gasteiger partial charge in [-0.2, -0.15) is 18.3 Å². The molecule has 0 radical (unpaired) electrons. The molecule has 0 saturated heterocycles. The SMILES string of the molecule is Cc1ccc(NC(=S)NCCCn2nc(C(F)(F)F)cc2C)cc1C. The van der Waals surface area contributed by atoms with E-state index in [-0.39, 0.29) is 0 Å². The van der Waals surface area contributed by atoms with Gasteiger partial charge in [0.05, 0.1) is 0 Å². The predicted molar refractivity (Wildman–Crippen MR) is 96.7 cm³/mol. The Morgan fingerprint density at radius 1 is 1.16 bits per heavy atom. The van der Waals surface area contributed by atoms with Gasteiger partial charge in [0.15, 0.2) is 10.8 Å². The van der Waals surface area contributed by atoms with Crippen LogP contribution in [0.15, 0.2) is 24.3 Å². The number of alkyl halides is 3. The molecule has 0 unspecified atom stereocenters. The molecule has 136 valence electrons. The fraction of sp³-hybridized carbons (Fsp3) is 0.412. The Kier molecular flexibility index (Phi) is 6.05. The molecule has 0 fully saturated rings. The van der Waals surface area contributed by atoms with E-state index in [9.17, 15) is 13.2 Å². The number of nitrogens with one attached hydrogen (secondary N) is 2. The second-order valence-corrected chi connectivity index (χ2v) is 6.33. The van der Waals surface area contributed by atoms with Gasteiger partial charge < -0.3 is 10.6 Å². The number of nitrogens with zero attached hydrogens (tertiary/aromatic N) is 2. The average molecular weight is 370 g/mol. The molecule has 1 aromatic heterocycles. The molecule has 0 spiro atoms. The van der Waals surface area contributed by atoms with Gasteiger partial charge in [0.25, 0.3) is 0 Å². The Balaban J connectivity index is 1.78. The fourth-order valence-corrected chi connectivity index (χ4v) is 2.52. The summed E-state index contributed by atoms with van der Waals surface area (Å²) in [4.78, 5) is 0. The van der Waals surface area contributed by atoms with Crippen molar-refractivity contribution in [3.63, 3.8) is 0 Å².